The van der Waals surface area contributed by atoms with Crippen LogP contribution < -0.4 is 0 Å². The fraction of sp³-hybridized carbons (Fsp3) is 0.273. The van der Waals surface area contributed by atoms with E-state index in [1.807, 2.05) is 0 Å². The Kier molecular flexibility index (Phi) is 2.48. The summed E-state index contributed by atoms with van der Waals surface area (Å²) in [5.74, 6) is -2.19. The van der Waals surface area contributed by atoms with Crippen molar-refractivity contribution in [2.45, 2.75) is 24.3 Å². The maximum atomic E-state index is 12.2. The third-order valence-electron chi connectivity index (χ3n) is 2.85. The van der Waals surface area contributed by atoms with E-state index < -0.39 is 27.4 Å². The van der Waals surface area contributed by atoms with E-state index in [0.29, 0.717) is 4.31 Å². The summed E-state index contributed by atoms with van der Waals surface area (Å²) in [6.45, 7) is 2.35. The molecule has 1 aromatic carbocycles. The Morgan fingerprint density at radius 2 is 1.83 bits per heavy atom. The van der Waals surface area contributed by atoms with Crippen LogP contribution in [0.1, 0.15) is 24.2 Å². The van der Waals surface area contributed by atoms with E-state index in [0.717, 1.165) is 0 Å². The van der Waals surface area contributed by atoms with Crippen molar-refractivity contribution in [2.75, 3.05) is 0 Å². The minimum absolute atomic E-state index is 0.00632. The highest BCUT2D eigenvalue weighted by Crippen LogP contribution is 2.35. The standard InChI is InChI=1S/C11H11NO5S/c1-11(2,10(14)15)12-9(13)7-5-3-4-6-8(7)18(12,16)17/h3-6H,1-2H3,(H,14,15). The second kappa shape index (κ2) is 3.55. The van der Waals surface area contributed by atoms with E-state index in [2.05, 4.69) is 0 Å². The van der Waals surface area contributed by atoms with Crippen molar-refractivity contribution in [3.05, 3.63) is 29.8 Å². The number of aliphatic carboxylic acids is 1. The lowest BCUT2D eigenvalue weighted by Gasteiger charge is -2.29. The Balaban J connectivity index is 2.70. The van der Waals surface area contributed by atoms with Crippen LogP contribution in [0.5, 0.6) is 0 Å². The summed E-state index contributed by atoms with van der Waals surface area (Å²) in [7, 11) is -4.10. The number of hydrogen-bond donors (Lipinski definition) is 1. The molecule has 0 bridgehead atoms. The molecule has 6 nitrogen and oxygen atoms in total. The zero-order chi connectivity index (χ0) is 13.7. The Labute approximate surface area is 104 Å². The lowest BCUT2D eigenvalue weighted by Crippen LogP contribution is -2.52. The van der Waals surface area contributed by atoms with Crippen LogP contribution >= 0.6 is 0 Å². The van der Waals surface area contributed by atoms with Gasteiger partial charge in [-0.2, -0.15) is 0 Å². The monoisotopic (exact) mass is 269 g/mol. The SMILES string of the molecule is CC(C)(C(=O)O)N1C(=O)c2ccccc2S1(=O)=O. The third kappa shape index (κ3) is 1.43. The second-order valence-corrected chi connectivity index (χ2v) is 6.19. The number of hydrogen-bond acceptors (Lipinski definition) is 4. The predicted molar refractivity (Wildman–Crippen MR) is 61.5 cm³/mol. The van der Waals surface area contributed by atoms with Crippen LogP contribution in [0.25, 0.3) is 0 Å². The first-order valence-corrected chi connectivity index (χ1v) is 6.57. The van der Waals surface area contributed by atoms with Crippen molar-refractivity contribution >= 4 is 21.9 Å². The van der Waals surface area contributed by atoms with E-state index >= 15 is 0 Å². The van der Waals surface area contributed by atoms with Gasteiger partial charge in [-0.1, -0.05) is 12.1 Å². The largest absolute Gasteiger partial charge is 0.479 e. The minimum atomic E-state index is -4.10. The highest BCUT2D eigenvalue weighted by Gasteiger charge is 2.51. The number of carboxylic acid groups (broad SMARTS) is 1. The molecule has 18 heavy (non-hydrogen) atoms. The van der Waals surface area contributed by atoms with Gasteiger partial charge in [-0.15, -0.1) is 0 Å². The first kappa shape index (κ1) is 12.6. The van der Waals surface area contributed by atoms with Gasteiger partial charge in [0, 0.05) is 0 Å². The molecule has 0 fully saturated rings. The van der Waals surface area contributed by atoms with Gasteiger partial charge in [0.2, 0.25) is 0 Å². The Hall–Kier alpha value is -1.89. The van der Waals surface area contributed by atoms with Crippen molar-refractivity contribution in [3.63, 3.8) is 0 Å². The van der Waals surface area contributed by atoms with Gasteiger partial charge >= 0.3 is 5.97 Å². The first-order chi connectivity index (χ1) is 8.20. The average Bonchev–Trinajstić information content (AvgIpc) is 2.47. The van der Waals surface area contributed by atoms with Gasteiger partial charge in [-0.3, -0.25) is 4.79 Å². The van der Waals surface area contributed by atoms with Crippen LogP contribution in [0.2, 0.25) is 0 Å². The smallest absolute Gasteiger partial charge is 0.330 e. The fourth-order valence-corrected chi connectivity index (χ4v) is 3.70. The summed E-state index contributed by atoms with van der Waals surface area (Å²) in [5.41, 5.74) is -1.82. The Bertz CT molecular complexity index is 647. The number of amides is 1. The third-order valence-corrected chi connectivity index (χ3v) is 4.87. The molecule has 0 saturated carbocycles. The number of sulfonamides is 1. The maximum absolute atomic E-state index is 12.2. The average molecular weight is 269 g/mol. The normalized spacial score (nSPS) is 17.7. The predicted octanol–water partition coefficient (Wildman–Crippen LogP) is 0.694. The summed E-state index contributed by atoms with van der Waals surface area (Å²) >= 11 is 0. The maximum Gasteiger partial charge on any atom is 0.330 e. The molecule has 1 aliphatic rings. The number of carbonyl (C=O) groups is 2. The van der Waals surface area contributed by atoms with E-state index in [1.165, 1.54) is 38.1 Å². The molecule has 2 rings (SSSR count). The second-order valence-electron chi connectivity index (χ2n) is 4.43. The van der Waals surface area contributed by atoms with Gasteiger partial charge < -0.3 is 5.11 Å². The Morgan fingerprint density at radius 3 is 2.33 bits per heavy atom. The van der Waals surface area contributed by atoms with E-state index in [9.17, 15) is 18.0 Å². The van der Waals surface area contributed by atoms with Crippen molar-refractivity contribution < 1.29 is 23.1 Å². The molecule has 0 spiro atoms. The molecule has 1 amide bonds. The number of carbonyl (C=O) groups excluding carboxylic acids is 1. The van der Waals surface area contributed by atoms with Crippen LogP contribution in [-0.2, 0) is 14.8 Å². The van der Waals surface area contributed by atoms with E-state index in [1.54, 1.807) is 0 Å². The highest BCUT2D eigenvalue weighted by atomic mass is 32.2. The molecular formula is C11H11NO5S. The molecule has 0 unspecified atom stereocenters. The minimum Gasteiger partial charge on any atom is -0.479 e. The van der Waals surface area contributed by atoms with E-state index in [4.69, 9.17) is 5.11 Å². The van der Waals surface area contributed by atoms with E-state index in [-0.39, 0.29) is 10.5 Å². The first-order valence-electron chi connectivity index (χ1n) is 5.13. The molecule has 1 N–H and O–H groups in total. The van der Waals surface area contributed by atoms with Crippen LogP contribution in [0, 0.1) is 0 Å². The van der Waals surface area contributed by atoms with Crippen LogP contribution in [0.3, 0.4) is 0 Å². The number of rotatable bonds is 2. The number of carboxylic acids is 1. The van der Waals surface area contributed by atoms with Crippen LogP contribution in [0.4, 0.5) is 0 Å². The molecule has 1 aromatic rings. The van der Waals surface area contributed by atoms with Gasteiger partial charge in [0.1, 0.15) is 4.90 Å². The lowest BCUT2D eigenvalue weighted by molar-refractivity contribution is -0.145. The molecule has 0 radical (unpaired) electrons. The van der Waals surface area contributed by atoms with Crippen molar-refractivity contribution in [3.8, 4) is 0 Å². The lowest BCUT2D eigenvalue weighted by atomic mass is 10.1. The molecule has 1 heterocycles. The van der Waals surface area contributed by atoms with Crippen LogP contribution in [0.15, 0.2) is 29.2 Å². The van der Waals surface area contributed by atoms with Crippen LogP contribution in [-0.4, -0.2) is 35.2 Å². The molecule has 96 valence electrons. The quantitative estimate of drug-likeness (QED) is 0.853. The summed E-state index contributed by atoms with van der Waals surface area (Å²) in [5, 5.41) is 9.07. The summed E-state index contributed by atoms with van der Waals surface area (Å²) in [6.07, 6.45) is 0. The van der Waals surface area contributed by atoms with Crippen molar-refractivity contribution in [1.82, 2.24) is 4.31 Å². The van der Waals surface area contributed by atoms with Gasteiger partial charge in [-0.05, 0) is 26.0 Å². The van der Waals surface area contributed by atoms with Gasteiger partial charge in [0.25, 0.3) is 15.9 Å². The molecule has 0 atom stereocenters. The molecular weight excluding hydrogens is 258 g/mol. The molecule has 0 aromatic heterocycles. The number of nitrogens with zero attached hydrogens (tertiary/aromatic N) is 1. The van der Waals surface area contributed by atoms with Crippen molar-refractivity contribution in [1.29, 1.82) is 0 Å². The number of fused-ring (bicyclic) bond motifs is 1. The van der Waals surface area contributed by atoms with Gasteiger partial charge in [-0.25, -0.2) is 17.5 Å². The van der Waals surface area contributed by atoms with Crippen molar-refractivity contribution in [2.24, 2.45) is 0 Å². The van der Waals surface area contributed by atoms with Gasteiger partial charge in [0.05, 0.1) is 5.56 Å². The topological polar surface area (TPSA) is 91.8 Å². The molecule has 7 heteroatoms. The molecule has 0 saturated heterocycles. The molecule has 1 aliphatic heterocycles. The number of benzene rings is 1. The zero-order valence-electron chi connectivity index (χ0n) is 9.75. The summed E-state index contributed by atoms with van der Waals surface area (Å²) in [4.78, 5) is 23.0. The fourth-order valence-electron chi connectivity index (χ4n) is 1.83. The van der Waals surface area contributed by atoms with Gasteiger partial charge in [0.15, 0.2) is 5.54 Å². The zero-order valence-corrected chi connectivity index (χ0v) is 10.6. The summed E-state index contributed by atoms with van der Waals surface area (Å²) < 4.78 is 24.8. The molecule has 0 aliphatic carbocycles. The summed E-state index contributed by atoms with van der Waals surface area (Å²) in [6, 6.07) is 5.68. The Morgan fingerprint density at radius 1 is 1.28 bits per heavy atom. The highest BCUT2D eigenvalue weighted by molar-refractivity contribution is 7.90.